The Kier molecular flexibility index (Phi) is 4.30. The van der Waals surface area contributed by atoms with Gasteiger partial charge in [0.2, 0.25) is 0 Å². The molecule has 0 unspecified atom stereocenters. The van der Waals surface area contributed by atoms with Crippen LogP contribution in [0.3, 0.4) is 0 Å². The maximum absolute atomic E-state index is 13.7. The molecule has 5 heteroatoms. The van der Waals surface area contributed by atoms with E-state index in [2.05, 4.69) is 4.74 Å². The average Bonchev–Trinajstić information content (AvgIpc) is 2.48. The molecule has 0 amide bonds. The van der Waals surface area contributed by atoms with Gasteiger partial charge in [0.05, 0.1) is 7.11 Å². The monoisotopic (exact) mass is 278 g/mol. The van der Waals surface area contributed by atoms with Gasteiger partial charge in [-0.05, 0) is 17.7 Å². The first-order valence-electron chi connectivity index (χ1n) is 5.86. The van der Waals surface area contributed by atoms with Crippen molar-refractivity contribution in [3.05, 3.63) is 65.2 Å². The van der Waals surface area contributed by atoms with Crippen LogP contribution in [0.1, 0.15) is 15.9 Å². The van der Waals surface area contributed by atoms with Crippen LogP contribution in [-0.2, 0) is 11.3 Å². The van der Waals surface area contributed by atoms with E-state index < -0.39 is 23.2 Å². The van der Waals surface area contributed by atoms with E-state index >= 15 is 0 Å². The van der Waals surface area contributed by atoms with Crippen LogP contribution >= 0.6 is 0 Å². The first kappa shape index (κ1) is 14.0. The molecule has 0 fully saturated rings. The number of ether oxygens (including phenoxy) is 2. The number of rotatable bonds is 4. The minimum Gasteiger partial charge on any atom is -0.488 e. The van der Waals surface area contributed by atoms with E-state index in [1.54, 1.807) is 0 Å². The van der Waals surface area contributed by atoms with Crippen LogP contribution in [0, 0.1) is 11.6 Å². The second-order valence-corrected chi connectivity index (χ2v) is 4.00. The summed E-state index contributed by atoms with van der Waals surface area (Å²) in [7, 11) is 1.09. The first-order chi connectivity index (χ1) is 9.63. The van der Waals surface area contributed by atoms with Gasteiger partial charge in [0, 0.05) is 0 Å². The van der Waals surface area contributed by atoms with E-state index in [-0.39, 0.29) is 12.4 Å². The number of hydrogen-bond acceptors (Lipinski definition) is 3. The standard InChI is InChI=1S/C15H12F2O3/c1-19-15(18)13-12(8-7-11(16)14(13)17)20-9-10-5-3-2-4-6-10/h2-8H,9H2,1H3. The van der Waals surface area contributed by atoms with Gasteiger partial charge in [0.15, 0.2) is 11.6 Å². The van der Waals surface area contributed by atoms with Gasteiger partial charge in [-0.25, -0.2) is 13.6 Å². The maximum Gasteiger partial charge on any atom is 0.344 e. The molecule has 0 aliphatic carbocycles. The van der Waals surface area contributed by atoms with Crippen molar-refractivity contribution < 1.29 is 23.0 Å². The largest absolute Gasteiger partial charge is 0.488 e. The summed E-state index contributed by atoms with van der Waals surface area (Å²) >= 11 is 0. The molecule has 2 rings (SSSR count). The molecule has 3 nitrogen and oxygen atoms in total. The van der Waals surface area contributed by atoms with Crippen LogP contribution in [0.5, 0.6) is 5.75 Å². The molecule has 0 aromatic heterocycles. The molecule has 20 heavy (non-hydrogen) atoms. The van der Waals surface area contributed by atoms with Crippen LogP contribution < -0.4 is 4.74 Å². The molecular formula is C15H12F2O3. The zero-order valence-electron chi connectivity index (χ0n) is 10.7. The molecule has 0 spiro atoms. The quantitative estimate of drug-likeness (QED) is 0.805. The molecule has 0 aliphatic heterocycles. The Balaban J connectivity index is 2.27. The molecule has 0 aliphatic rings. The van der Waals surface area contributed by atoms with Crippen molar-refractivity contribution >= 4 is 5.97 Å². The second-order valence-electron chi connectivity index (χ2n) is 4.00. The van der Waals surface area contributed by atoms with E-state index in [0.29, 0.717) is 0 Å². The predicted molar refractivity (Wildman–Crippen MR) is 68.5 cm³/mol. The van der Waals surface area contributed by atoms with E-state index in [4.69, 9.17) is 4.74 Å². The van der Waals surface area contributed by atoms with Crippen LogP contribution in [0.25, 0.3) is 0 Å². The summed E-state index contributed by atoms with van der Waals surface area (Å²) in [5, 5.41) is 0. The van der Waals surface area contributed by atoms with E-state index in [1.165, 1.54) is 6.07 Å². The minimum absolute atomic E-state index is 0.0559. The normalized spacial score (nSPS) is 10.2. The Morgan fingerprint density at radius 2 is 1.80 bits per heavy atom. The highest BCUT2D eigenvalue weighted by atomic mass is 19.2. The molecule has 2 aromatic carbocycles. The lowest BCUT2D eigenvalue weighted by molar-refractivity contribution is 0.0588. The summed E-state index contributed by atoms with van der Waals surface area (Å²) < 4.78 is 36.7. The fourth-order valence-corrected chi connectivity index (χ4v) is 1.68. The fraction of sp³-hybridized carbons (Fsp3) is 0.133. The summed E-state index contributed by atoms with van der Waals surface area (Å²) in [4.78, 5) is 11.5. The van der Waals surface area contributed by atoms with E-state index in [0.717, 1.165) is 18.7 Å². The number of hydrogen-bond donors (Lipinski definition) is 0. The van der Waals surface area contributed by atoms with Gasteiger partial charge in [-0.2, -0.15) is 0 Å². The smallest absolute Gasteiger partial charge is 0.344 e. The molecule has 2 aromatic rings. The molecule has 0 heterocycles. The number of methoxy groups -OCH3 is 1. The lowest BCUT2D eigenvalue weighted by Gasteiger charge is -2.11. The lowest BCUT2D eigenvalue weighted by atomic mass is 10.1. The number of halogens is 2. The Morgan fingerprint density at radius 3 is 2.45 bits per heavy atom. The van der Waals surface area contributed by atoms with Crippen molar-refractivity contribution in [2.24, 2.45) is 0 Å². The second kappa shape index (κ2) is 6.14. The number of carbonyl (C=O) groups excluding carboxylic acids is 1. The van der Waals surface area contributed by atoms with Crippen molar-refractivity contribution in [3.63, 3.8) is 0 Å². The Morgan fingerprint density at radius 1 is 1.10 bits per heavy atom. The Hall–Kier alpha value is -2.43. The van der Waals surface area contributed by atoms with Gasteiger partial charge in [-0.15, -0.1) is 0 Å². The summed E-state index contributed by atoms with van der Waals surface area (Å²) in [6, 6.07) is 11.2. The van der Waals surface area contributed by atoms with Crippen LogP contribution in [-0.4, -0.2) is 13.1 Å². The maximum atomic E-state index is 13.7. The highest BCUT2D eigenvalue weighted by molar-refractivity contribution is 5.92. The third-order valence-electron chi connectivity index (χ3n) is 2.68. The lowest BCUT2D eigenvalue weighted by Crippen LogP contribution is -2.10. The third kappa shape index (κ3) is 2.93. The Bertz CT molecular complexity index is 612. The van der Waals surface area contributed by atoms with Crippen molar-refractivity contribution in [3.8, 4) is 5.75 Å². The van der Waals surface area contributed by atoms with Gasteiger partial charge >= 0.3 is 5.97 Å². The van der Waals surface area contributed by atoms with Gasteiger partial charge in [-0.3, -0.25) is 0 Å². The average molecular weight is 278 g/mol. The fourth-order valence-electron chi connectivity index (χ4n) is 1.68. The molecule has 0 N–H and O–H groups in total. The Labute approximate surface area is 114 Å². The molecule has 0 saturated heterocycles. The zero-order valence-corrected chi connectivity index (χ0v) is 10.7. The van der Waals surface area contributed by atoms with Gasteiger partial charge in [0.25, 0.3) is 0 Å². The number of benzene rings is 2. The van der Waals surface area contributed by atoms with Crippen LogP contribution in [0.2, 0.25) is 0 Å². The summed E-state index contributed by atoms with van der Waals surface area (Å²) in [6.45, 7) is 0.135. The van der Waals surface area contributed by atoms with E-state index in [9.17, 15) is 13.6 Å². The van der Waals surface area contributed by atoms with Gasteiger partial charge in [0.1, 0.15) is 17.9 Å². The molecule has 104 valence electrons. The number of esters is 1. The molecule has 0 bridgehead atoms. The summed E-state index contributed by atoms with van der Waals surface area (Å²) in [5.41, 5.74) is 0.302. The molecule has 0 radical (unpaired) electrons. The SMILES string of the molecule is COC(=O)c1c(OCc2ccccc2)ccc(F)c1F. The molecular weight excluding hydrogens is 266 g/mol. The van der Waals surface area contributed by atoms with E-state index in [1.807, 2.05) is 30.3 Å². The topological polar surface area (TPSA) is 35.5 Å². The number of carbonyl (C=O) groups is 1. The zero-order chi connectivity index (χ0) is 14.5. The highest BCUT2D eigenvalue weighted by Gasteiger charge is 2.22. The molecule has 0 atom stereocenters. The van der Waals surface area contributed by atoms with Gasteiger partial charge < -0.3 is 9.47 Å². The minimum atomic E-state index is -1.28. The molecule has 0 saturated carbocycles. The predicted octanol–water partition coefficient (Wildman–Crippen LogP) is 3.33. The van der Waals surface area contributed by atoms with Crippen molar-refractivity contribution in [2.75, 3.05) is 7.11 Å². The van der Waals surface area contributed by atoms with Crippen molar-refractivity contribution in [1.82, 2.24) is 0 Å². The van der Waals surface area contributed by atoms with Crippen molar-refractivity contribution in [1.29, 1.82) is 0 Å². The third-order valence-corrected chi connectivity index (χ3v) is 2.68. The van der Waals surface area contributed by atoms with Crippen LogP contribution in [0.4, 0.5) is 8.78 Å². The summed E-state index contributed by atoms with van der Waals surface area (Å²) in [6.07, 6.45) is 0. The highest BCUT2D eigenvalue weighted by Crippen LogP contribution is 2.25. The summed E-state index contributed by atoms with van der Waals surface area (Å²) in [5.74, 6) is -3.44. The van der Waals surface area contributed by atoms with Gasteiger partial charge in [-0.1, -0.05) is 30.3 Å². The van der Waals surface area contributed by atoms with Crippen LogP contribution in [0.15, 0.2) is 42.5 Å². The van der Waals surface area contributed by atoms with Crippen molar-refractivity contribution in [2.45, 2.75) is 6.61 Å². The first-order valence-corrected chi connectivity index (χ1v) is 5.86.